The number of oxazole rings is 1. The van der Waals surface area contributed by atoms with Crippen LogP contribution in [0.15, 0.2) is 59.1 Å². The SMILES string of the molecule is CCOC(=O)Cn1ccc2cc(OCCc3nc(-c4ccc(C(F)(F)F)cc4)oc3C)ccc21. The number of carbonyl (C=O) groups excluding carboxylic acids is 1. The number of ether oxygens (including phenoxy) is 2. The summed E-state index contributed by atoms with van der Waals surface area (Å²) >= 11 is 0. The Morgan fingerprint density at radius 3 is 2.59 bits per heavy atom. The number of hydrogen-bond acceptors (Lipinski definition) is 5. The summed E-state index contributed by atoms with van der Waals surface area (Å²) in [6.07, 6.45) is -2.09. The first-order chi connectivity index (χ1) is 16.2. The molecule has 0 atom stereocenters. The molecular formula is C25H23F3N2O4. The molecule has 0 spiro atoms. The Morgan fingerprint density at radius 2 is 1.88 bits per heavy atom. The van der Waals surface area contributed by atoms with E-state index in [0.29, 0.717) is 42.4 Å². The van der Waals surface area contributed by atoms with Crippen LogP contribution in [0.5, 0.6) is 5.75 Å². The molecule has 0 saturated heterocycles. The van der Waals surface area contributed by atoms with Gasteiger partial charge in [-0.2, -0.15) is 13.2 Å². The van der Waals surface area contributed by atoms with Gasteiger partial charge in [-0.25, -0.2) is 4.98 Å². The number of carbonyl (C=O) groups is 1. The van der Waals surface area contributed by atoms with Gasteiger partial charge in [0.25, 0.3) is 0 Å². The molecule has 0 saturated carbocycles. The Morgan fingerprint density at radius 1 is 1.12 bits per heavy atom. The van der Waals surface area contributed by atoms with Crippen molar-refractivity contribution >= 4 is 16.9 Å². The van der Waals surface area contributed by atoms with Crippen LogP contribution in [0.25, 0.3) is 22.4 Å². The van der Waals surface area contributed by atoms with E-state index in [-0.39, 0.29) is 18.4 Å². The van der Waals surface area contributed by atoms with Gasteiger partial charge in [0.1, 0.15) is 18.1 Å². The van der Waals surface area contributed by atoms with Gasteiger partial charge in [-0.1, -0.05) is 0 Å². The molecule has 0 radical (unpaired) electrons. The molecular weight excluding hydrogens is 449 g/mol. The standard InChI is InChI=1S/C25H23F3N2O4/c1-3-32-23(31)15-30-12-10-18-14-20(8-9-22(18)30)33-13-11-21-16(2)34-24(29-21)17-4-6-19(7-5-17)25(26,27)28/h4-10,12,14H,3,11,13,15H2,1-2H3. The zero-order chi connectivity index (χ0) is 24.3. The van der Waals surface area contributed by atoms with Gasteiger partial charge in [0, 0.05) is 29.1 Å². The number of alkyl halides is 3. The molecule has 2 heterocycles. The third kappa shape index (κ3) is 5.24. The first-order valence-electron chi connectivity index (χ1n) is 10.8. The fourth-order valence-electron chi connectivity index (χ4n) is 3.60. The minimum Gasteiger partial charge on any atom is -0.493 e. The Kier molecular flexibility index (Phi) is 6.63. The van der Waals surface area contributed by atoms with Crippen LogP contribution in [0.4, 0.5) is 13.2 Å². The second-order valence-corrected chi connectivity index (χ2v) is 7.66. The summed E-state index contributed by atoms with van der Waals surface area (Å²) in [5, 5.41) is 0.934. The van der Waals surface area contributed by atoms with Crippen molar-refractivity contribution in [2.24, 2.45) is 0 Å². The zero-order valence-corrected chi connectivity index (χ0v) is 18.7. The molecule has 0 N–H and O–H groups in total. The van der Waals surface area contributed by atoms with Gasteiger partial charge in [0.15, 0.2) is 0 Å². The molecule has 0 fully saturated rings. The van der Waals surface area contributed by atoms with Gasteiger partial charge in [0.2, 0.25) is 5.89 Å². The highest BCUT2D eigenvalue weighted by molar-refractivity contribution is 5.83. The van der Waals surface area contributed by atoms with Crippen LogP contribution in [0.1, 0.15) is 23.9 Å². The first kappa shape index (κ1) is 23.4. The highest BCUT2D eigenvalue weighted by Gasteiger charge is 2.30. The molecule has 4 aromatic rings. The average Bonchev–Trinajstić information content (AvgIpc) is 3.36. The number of rotatable bonds is 8. The van der Waals surface area contributed by atoms with E-state index < -0.39 is 11.7 Å². The van der Waals surface area contributed by atoms with E-state index in [1.807, 2.05) is 35.0 Å². The van der Waals surface area contributed by atoms with Crippen LogP contribution in [-0.2, 0) is 28.7 Å². The third-order valence-corrected chi connectivity index (χ3v) is 5.31. The summed E-state index contributed by atoms with van der Waals surface area (Å²) in [5.41, 5.74) is 1.33. The number of halogens is 3. The van der Waals surface area contributed by atoms with Gasteiger partial charge < -0.3 is 18.5 Å². The smallest absolute Gasteiger partial charge is 0.416 e. The lowest BCUT2D eigenvalue weighted by atomic mass is 10.1. The maximum atomic E-state index is 12.8. The number of hydrogen-bond donors (Lipinski definition) is 0. The summed E-state index contributed by atoms with van der Waals surface area (Å²) < 4.78 is 56.6. The molecule has 0 bridgehead atoms. The summed E-state index contributed by atoms with van der Waals surface area (Å²) in [5.74, 6) is 1.24. The summed E-state index contributed by atoms with van der Waals surface area (Å²) in [6.45, 7) is 4.35. The van der Waals surface area contributed by atoms with E-state index in [4.69, 9.17) is 13.9 Å². The van der Waals surface area contributed by atoms with Crippen LogP contribution in [0.3, 0.4) is 0 Å². The Hall–Kier alpha value is -3.75. The van der Waals surface area contributed by atoms with Crippen LogP contribution >= 0.6 is 0 Å². The summed E-state index contributed by atoms with van der Waals surface area (Å²) in [7, 11) is 0. The van der Waals surface area contributed by atoms with Gasteiger partial charge in [-0.05, 0) is 62.4 Å². The molecule has 0 amide bonds. The van der Waals surface area contributed by atoms with Gasteiger partial charge in [-0.15, -0.1) is 0 Å². The molecule has 0 aliphatic carbocycles. The lowest BCUT2D eigenvalue weighted by Crippen LogP contribution is -2.12. The third-order valence-electron chi connectivity index (χ3n) is 5.31. The minimum atomic E-state index is -4.39. The molecule has 6 nitrogen and oxygen atoms in total. The molecule has 0 aliphatic rings. The van der Waals surface area contributed by atoms with Crippen molar-refractivity contribution in [1.82, 2.24) is 9.55 Å². The molecule has 2 aromatic heterocycles. The molecule has 2 aromatic carbocycles. The van der Waals surface area contributed by atoms with Crippen LogP contribution < -0.4 is 4.74 Å². The van der Waals surface area contributed by atoms with E-state index >= 15 is 0 Å². The van der Waals surface area contributed by atoms with E-state index in [2.05, 4.69) is 4.98 Å². The van der Waals surface area contributed by atoms with Crippen molar-refractivity contribution in [3.05, 3.63) is 71.7 Å². The first-order valence-corrected chi connectivity index (χ1v) is 10.8. The second kappa shape index (κ2) is 9.62. The van der Waals surface area contributed by atoms with Crippen molar-refractivity contribution in [3.63, 3.8) is 0 Å². The van der Waals surface area contributed by atoms with E-state index in [9.17, 15) is 18.0 Å². The van der Waals surface area contributed by atoms with Crippen LogP contribution in [0, 0.1) is 6.92 Å². The average molecular weight is 472 g/mol. The van der Waals surface area contributed by atoms with Crippen molar-refractivity contribution in [3.8, 4) is 17.2 Å². The van der Waals surface area contributed by atoms with E-state index in [1.54, 1.807) is 13.8 Å². The molecule has 178 valence electrons. The van der Waals surface area contributed by atoms with Crippen LogP contribution in [0.2, 0.25) is 0 Å². The predicted octanol–water partition coefficient (Wildman–Crippen LogP) is 5.81. The minimum absolute atomic E-state index is 0.143. The largest absolute Gasteiger partial charge is 0.493 e. The normalized spacial score (nSPS) is 11.7. The Bertz CT molecular complexity index is 1290. The number of benzene rings is 2. The monoisotopic (exact) mass is 472 g/mol. The highest BCUT2D eigenvalue weighted by atomic mass is 19.4. The molecule has 4 rings (SSSR count). The number of esters is 1. The Labute approximate surface area is 193 Å². The maximum Gasteiger partial charge on any atom is 0.416 e. The van der Waals surface area contributed by atoms with Crippen LogP contribution in [-0.4, -0.2) is 28.7 Å². The van der Waals surface area contributed by atoms with Gasteiger partial charge in [0.05, 0.1) is 24.5 Å². The molecule has 34 heavy (non-hydrogen) atoms. The number of nitrogens with zero attached hydrogens (tertiary/aromatic N) is 2. The number of aryl methyl sites for hydroxylation is 1. The van der Waals surface area contributed by atoms with E-state index in [1.165, 1.54) is 12.1 Å². The fraction of sp³-hybridized carbons (Fsp3) is 0.280. The van der Waals surface area contributed by atoms with Crippen molar-refractivity contribution in [2.75, 3.05) is 13.2 Å². The molecule has 0 unspecified atom stereocenters. The number of aromatic nitrogens is 2. The quantitative estimate of drug-likeness (QED) is 0.303. The Balaban J connectivity index is 1.38. The molecule has 9 heteroatoms. The van der Waals surface area contributed by atoms with Crippen molar-refractivity contribution in [2.45, 2.75) is 33.0 Å². The fourth-order valence-corrected chi connectivity index (χ4v) is 3.60. The lowest BCUT2D eigenvalue weighted by molar-refractivity contribution is -0.143. The van der Waals surface area contributed by atoms with Gasteiger partial charge in [-0.3, -0.25) is 4.79 Å². The lowest BCUT2D eigenvalue weighted by Gasteiger charge is -2.07. The topological polar surface area (TPSA) is 66.5 Å². The maximum absolute atomic E-state index is 12.8. The highest BCUT2D eigenvalue weighted by Crippen LogP contribution is 2.31. The second-order valence-electron chi connectivity index (χ2n) is 7.66. The van der Waals surface area contributed by atoms with E-state index in [0.717, 1.165) is 23.0 Å². The predicted molar refractivity (Wildman–Crippen MR) is 119 cm³/mol. The zero-order valence-electron chi connectivity index (χ0n) is 18.7. The van der Waals surface area contributed by atoms with Gasteiger partial charge >= 0.3 is 12.1 Å². The summed E-state index contributed by atoms with van der Waals surface area (Å²) in [6, 6.07) is 12.2. The molecule has 0 aliphatic heterocycles. The van der Waals surface area contributed by atoms with Crippen molar-refractivity contribution < 1.29 is 31.9 Å². The number of fused-ring (bicyclic) bond motifs is 1. The summed E-state index contributed by atoms with van der Waals surface area (Å²) in [4.78, 5) is 16.2. The van der Waals surface area contributed by atoms with Crippen molar-refractivity contribution in [1.29, 1.82) is 0 Å².